The monoisotopic (exact) mass is 326 g/mol. The molecule has 0 aliphatic carbocycles. The van der Waals surface area contributed by atoms with Crippen molar-refractivity contribution in [1.29, 1.82) is 0 Å². The number of carbonyl (C=O) groups is 1. The highest BCUT2D eigenvalue weighted by molar-refractivity contribution is 5.82. The number of ether oxygens (including phenoxy) is 3. The quantitative estimate of drug-likeness (QED) is 0.571. The molecule has 0 heterocycles. The molecule has 24 heavy (non-hydrogen) atoms. The van der Waals surface area contributed by atoms with Gasteiger partial charge < -0.3 is 14.2 Å². The van der Waals surface area contributed by atoms with Crippen molar-refractivity contribution >= 4 is 5.97 Å². The summed E-state index contributed by atoms with van der Waals surface area (Å²) >= 11 is 0. The van der Waals surface area contributed by atoms with Gasteiger partial charge in [-0.05, 0) is 42.3 Å². The van der Waals surface area contributed by atoms with Crippen molar-refractivity contribution < 1.29 is 19.0 Å². The van der Waals surface area contributed by atoms with Crippen molar-refractivity contribution in [3.8, 4) is 11.5 Å². The molecule has 0 N–H and O–H groups in total. The Balaban J connectivity index is 2.33. The van der Waals surface area contributed by atoms with Crippen molar-refractivity contribution in [2.45, 2.75) is 12.8 Å². The lowest BCUT2D eigenvalue weighted by atomic mass is 9.91. The summed E-state index contributed by atoms with van der Waals surface area (Å²) in [7, 11) is 3.27. The van der Waals surface area contributed by atoms with Crippen LogP contribution in [-0.4, -0.2) is 26.8 Å². The summed E-state index contributed by atoms with van der Waals surface area (Å²) in [4.78, 5) is 11.7. The lowest BCUT2D eigenvalue weighted by Gasteiger charge is -2.15. The summed E-state index contributed by atoms with van der Waals surface area (Å²) < 4.78 is 15.4. The highest BCUT2D eigenvalue weighted by atomic mass is 16.5. The molecule has 0 aromatic heterocycles. The molecule has 4 heteroatoms. The number of carbonyl (C=O) groups excluding carboxylic acids is 1. The summed E-state index contributed by atoms with van der Waals surface area (Å²) in [6, 6.07) is 15.6. The van der Waals surface area contributed by atoms with Gasteiger partial charge in [0.2, 0.25) is 0 Å². The van der Waals surface area contributed by atoms with E-state index in [0.29, 0.717) is 6.61 Å². The first-order valence-corrected chi connectivity index (χ1v) is 7.80. The van der Waals surface area contributed by atoms with Crippen LogP contribution in [0, 0.1) is 0 Å². The Kier molecular flexibility index (Phi) is 6.43. The fourth-order valence-corrected chi connectivity index (χ4v) is 2.40. The van der Waals surface area contributed by atoms with E-state index in [-0.39, 0.29) is 11.9 Å². The molecule has 0 unspecified atom stereocenters. The predicted molar refractivity (Wildman–Crippen MR) is 93.6 cm³/mol. The van der Waals surface area contributed by atoms with Crippen molar-refractivity contribution in [2.75, 3.05) is 20.8 Å². The SMILES string of the molecule is CCOC(=O)/C=C/C(c1ccc(OC)cc1)c1ccc(OC)cc1. The molecule has 0 atom stereocenters. The first-order valence-electron chi connectivity index (χ1n) is 7.80. The molecule has 126 valence electrons. The maximum absolute atomic E-state index is 11.7. The summed E-state index contributed by atoms with van der Waals surface area (Å²) in [6.45, 7) is 2.15. The van der Waals surface area contributed by atoms with Crippen molar-refractivity contribution in [1.82, 2.24) is 0 Å². The maximum atomic E-state index is 11.7. The molecule has 0 aliphatic heterocycles. The number of methoxy groups -OCH3 is 2. The first-order chi connectivity index (χ1) is 11.7. The van der Waals surface area contributed by atoms with Gasteiger partial charge >= 0.3 is 5.97 Å². The molecular formula is C20H22O4. The van der Waals surface area contributed by atoms with Crippen LogP contribution in [0.5, 0.6) is 11.5 Å². The third-order valence-corrected chi connectivity index (χ3v) is 3.66. The van der Waals surface area contributed by atoms with Crippen LogP contribution >= 0.6 is 0 Å². The van der Waals surface area contributed by atoms with Gasteiger partial charge in [-0.25, -0.2) is 4.79 Å². The smallest absolute Gasteiger partial charge is 0.330 e. The number of rotatable bonds is 7. The van der Waals surface area contributed by atoms with Crippen LogP contribution in [0.15, 0.2) is 60.7 Å². The van der Waals surface area contributed by atoms with Crippen LogP contribution in [-0.2, 0) is 9.53 Å². The Hall–Kier alpha value is -2.75. The fraction of sp³-hybridized carbons (Fsp3) is 0.250. The van der Waals surface area contributed by atoms with E-state index >= 15 is 0 Å². The Morgan fingerprint density at radius 3 is 1.75 bits per heavy atom. The minimum atomic E-state index is -0.343. The summed E-state index contributed by atoms with van der Waals surface area (Å²) in [6.07, 6.45) is 3.32. The van der Waals surface area contributed by atoms with Gasteiger partial charge in [0, 0.05) is 12.0 Å². The van der Waals surface area contributed by atoms with E-state index < -0.39 is 0 Å². The highest BCUT2D eigenvalue weighted by Gasteiger charge is 2.12. The minimum Gasteiger partial charge on any atom is -0.497 e. The normalized spacial score (nSPS) is 10.8. The van der Waals surface area contributed by atoms with Gasteiger partial charge in [-0.2, -0.15) is 0 Å². The number of hydrogen-bond donors (Lipinski definition) is 0. The largest absolute Gasteiger partial charge is 0.497 e. The predicted octanol–water partition coefficient (Wildman–Crippen LogP) is 3.96. The van der Waals surface area contributed by atoms with E-state index in [4.69, 9.17) is 14.2 Å². The average Bonchev–Trinajstić information content (AvgIpc) is 2.63. The van der Waals surface area contributed by atoms with Gasteiger partial charge in [-0.15, -0.1) is 0 Å². The van der Waals surface area contributed by atoms with Crippen molar-refractivity contribution in [3.05, 3.63) is 71.8 Å². The van der Waals surface area contributed by atoms with Crippen molar-refractivity contribution in [2.24, 2.45) is 0 Å². The van der Waals surface area contributed by atoms with Crippen molar-refractivity contribution in [3.63, 3.8) is 0 Å². The average molecular weight is 326 g/mol. The molecule has 0 fully saturated rings. The van der Waals surface area contributed by atoms with Gasteiger partial charge in [0.05, 0.1) is 20.8 Å². The number of benzene rings is 2. The minimum absolute atomic E-state index is 0.0637. The zero-order chi connectivity index (χ0) is 17.4. The van der Waals surface area contributed by atoms with E-state index in [2.05, 4.69) is 0 Å². The maximum Gasteiger partial charge on any atom is 0.330 e. The van der Waals surface area contributed by atoms with Crippen LogP contribution in [0.25, 0.3) is 0 Å². The highest BCUT2D eigenvalue weighted by Crippen LogP contribution is 2.29. The number of hydrogen-bond acceptors (Lipinski definition) is 4. The zero-order valence-electron chi connectivity index (χ0n) is 14.2. The lowest BCUT2D eigenvalue weighted by molar-refractivity contribution is -0.137. The van der Waals surface area contributed by atoms with Gasteiger partial charge in [0.25, 0.3) is 0 Å². The molecule has 0 aliphatic rings. The van der Waals surface area contributed by atoms with Crippen LogP contribution in [0.1, 0.15) is 24.0 Å². The van der Waals surface area contributed by atoms with Gasteiger partial charge in [-0.3, -0.25) is 0 Å². The van der Waals surface area contributed by atoms with Crippen LogP contribution < -0.4 is 9.47 Å². The van der Waals surface area contributed by atoms with Crippen LogP contribution in [0.4, 0.5) is 0 Å². The van der Waals surface area contributed by atoms with Gasteiger partial charge in [-0.1, -0.05) is 30.3 Å². The molecule has 0 amide bonds. The van der Waals surface area contributed by atoms with E-state index in [1.54, 1.807) is 21.1 Å². The van der Waals surface area contributed by atoms with E-state index in [0.717, 1.165) is 22.6 Å². The van der Waals surface area contributed by atoms with Crippen LogP contribution in [0.3, 0.4) is 0 Å². The summed E-state index contributed by atoms with van der Waals surface area (Å²) in [5.41, 5.74) is 2.11. The van der Waals surface area contributed by atoms with Crippen LogP contribution in [0.2, 0.25) is 0 Å². The third-order valence-electron chi connectivity index (χ3n) is 3.66. The first kappa shape index (κ1) is 17.6. The second-order valence-corrected chi connectivity index (χ2v) is 5.14. The van der Waals surface area contributed by atoms with Gasteiger partial charge in [0.1, 0.15) is 11.5 Å². The topological polar surface area (TPSA) is 44.8 Å². The number of allylic oxidation sites excluding steroid dienone is 1. The Morgan fingerprint density at radius 2 is 1.38 bits per heavy atom. The molecule has 0 bridgehead atoms. The number of esters is 1. The molecule has 0 radical (unpaired) electrons. The fourth-order valence-electron chi connectivity index (χ4n) is 2.40. The van der Waals surface area contributed by atoms with E-state index in [1.165, 1.54) is 6.08 Å². The standard InChI is InChI=1S/C20H22O4/c1-4-24-20(21)14-13-19(15-5-9-17(22-2)10-6-15)16-7-11-18(23-3)12-8-16/h5-14,19H,4H2,1-3H3/b14-13+. The van der Waals surface area contributed by atoms with E-state index in [9.17, 15) is 4.79 Å². The van der Waals surface area contributed by atoms with Gasteiger partial charge in [0.15, 0.2) is 0 Å². The third kappa shape index (κ3) is 4.62. The molecule has 2 aromatic rings. The molecule has 2 rings (SSSR count). The molecule has 2 aromatic carbocycles. The Bertz CT molecular complexity index is 624. The van der Waals surface area contributed by atoms with E-state index in [1.807, 2.05) is 54.6 Å². The Morgan fingerprint density at radius 1 is 0.917 bits per heavy atom. The second kappa shape index (κ2) is 8.77. The Labute approximate surface area is 142 Å². The zero-order valence-corrected chi connectivity index (χ0v) is 14.2. The summed E-state index contributed by atoms with van der Waals surface area (Å²) in [5, 5.41) is 0. The molecule has 4 nitrogen and oxygen atoms in total. The second-order valence-electron chi connectivity index (χ2n) is 5.14. The molecule has 0 saturated carbocycles. The molecule has 0 saturated heterocycles. The lowest BCUT2D eigenvalue weighted by Crippen LogP contribution is -2.03. The molecule has 0 spiro atoms. The summed E-state index contributed by atoms with van der Waals surface area (Å²) in [5.74, 6) is 1.18. The molecular weight excluding hydrogens is 304 g/mol.